The zero-order chi connectivity index (χ0) is 20.1. The average Bonchev–Trinajstić information content (AvgIpc) is 3.10. The van der Waals surface area contributed by atoms with Crippen LogP contribution in [-0.2, 0) is 9.59 Å². The van der Waals surface area contributed by atoms with E-state index in [9.17, 15) is 23.2 Å². The number of likely N-dealkylation sites (tertiary alicyclic amines) is 1. The molecule has 1 saturated heterocycles. The number of halogens is 2. The van der Waals surface area contributed by atoms with Gasteiger partial charge in [-0.1, -0.05) is 12.1 Å². The second-order valence-corrected chi connectivity index (χ2v) is 6.49. The highest BCUT2D eigenvalue weighted by atomic mass is 19.3. The van der Waals surface area contributed by atoms with Gasteiger partial charge in [-0.25, -0.2) is 0 Å². The molecule has 1 heterocycles. The fraction of sp³-hybridized carbons (Fsp3) is 0.500. The summed E-state index contributed by atoms with van der Waals surface area (Å²) in [6.07, 6.45) is 1.02. The normalized spacial score (nSPS) is 17.6. The predicted octanol–water partition coefficient (Wildman–Crippen LogP) is 1.49. The van der Waals surface area contributed by atoms with Crippen molar-refractivity contribution in [1.29, 1.82) is 0 Å². The quantitative estimate of drug-likeness (QED) is 0.807. The van der Waals surface area contributed by atoms with E-state index in [1.54, 1.807) is 21.0 Å². The first-order chi connectivity index (χ1) is 12.7. The highest BCUT2D eigenvalue weighted by Crippen LogP contribution is 2.26. The molecule has 0 aromatic heterocycles. The van der Waals surface area contributed by atoms with Gasteiger partial charge >= 0.3 is 6.61 Å². The number of carbonyl (C=O) groups excluding carboxylic acids is 3. The van der Waals surface area contributed by atoms with E-state index >= 15 is 0 Å². The molecule has 2 unspecified atom stereocenters. The number of alkyl halides is 2. The number of hydrogen-bond acceptors (Lipinski definition) is 4. The summed E-state index contributed by atoms with van der Waals surface area (Å²) in [4.78, 5) is 40.0. The molecule has 0 radical (unpaired) electrons. The summed E-state index contributed by atoms with van der Waals surface area (Å²) in [5.74, 6) is -1.51. The van der Waals surface area contributed by atoms with Crippen LogP contribution in [0.15, 0.2) is 24.3 Å². The van der Waals surface area contributed by atoms with E-state index in [-0.39, 0.29) is 17.2 Å². The summed E-state index contributed by atoms with van der Waals surface area (Å²) in [7, 11) is 3.16. The molecule has 27 heavy (non-hydrogen) atoms. The number of hydrogen-bond donors (Lipinski definition) is 1. The number of nitrogens with zero attached hydrogens (tertiary/aromatic N) is 2. The van der Waals surface area contributed by atoms with Gasteiger partial charge in [0.25, 0.3) is 5.91 Å². The van der Waals surface area contributed by atoms with Crippen LogP contribution in [-0.4, -0.2) is 66.9 Å². The molecule has 0 aliphatic carbocycles. The molecule has 9 heteroatoms. The fourth-order valence-corrected chi connectivity index (χ4v) is 3.04. The van der Waals surface area contributed by atoms with Crippen molar-refractivity contribution in [3.05, 3.63) is 29.8 Å². The van der Waals surface area contributed by atoms with Gasteiger partial charge in [-0.3, -0.25) is 14.4 Å². The number of nitrogens with one attached hydrogen (secondary N) is 1. The van der Waals surface area contributed by atoms with Crippen LogP contribution in [0.4, 0.5) is 8.78 Å². The molecule has 0 bridgehead atoms. The highest BCUT2D eigenvalue weighted by Gasteiger charge is 2.36. The van der Waals surface area contributed by atoms with Gasteiger partial charge in [-0.2, -0.15) is 8.78 Å². The third-order valence-corrected chi connectivity index (χ3v) is 4.32. The van der Waals surface area contributed by atoms with Crippen molar-refractivity contribution in [3.63, 3.8) is 0 Å². The Morgan fingerprint density at radius 2 is 1.93 bits per heavy atom. The van der Waals surface area contributed by atoms with Crippen LogP contribution in [0.1, 0.15) is 30.1 Å². The number of benzene rings is 1. The zero-order valence-corrected chi connectivity index (χ0v) is 15.4. The first-order valence-electron chi connectivity index (χ1n) is 8.58. The molecule has 2 rings (SSSR count). The zero-order valence-electron chi connectivity index (χ0n) is 15.4. The lowest BCUT2D eigenvalue weighted by molar-refractivity contribution is -0.135. The summed E-state index contributed by atoms with van der Waals surface area (Å²) >= 11 is 0. The van der Waals surface area contributed by atoms with Crippen LogP contribution in [0.5, 0.6) is 5.75 Å². The molecule has 148 valence electrons. The topological polar surface area (TPSA) is 79.0 Å². The van der Waals surface area contributed by atoms with Crippen LogP contribution in [0, 0.1) is 0 Å². The monoisotopic (exact) mass is 383 g/mol. The molecule has 3 amide bonds. The van der Waals surface area contributed by atoms with Crippen molar-refractivity contribution in [2.75, 3.05) is 20.6 Å². The minimum atomic E-state index is -3.06. The van der Waals surface area contributed by atoms with E-state index in [4.69, 9.17) is 0 Å². The van der Waals surface area contributed by atoms with E-state index in [1.807, 2.05) is 0 Å². The van der Waals surface area contributed by atoms with Gasteiger partial charge in [0.1, 0.15) is 17.8 Å². The first-order valence-corrected chi connectivity index (χ1v) is 8.58. The molecule has 2 atom stereocenters. The number of likely N-dealkylation sites (N-methyl/N-ethyl adjacent to an activating group) is 1. The average molecular weight is 383 g/mol. The molecular formula is C18H23F2N3O4. The maximum atomic E-state index is 12.8. The van der Waals surface area contributed by atoms with Crippen LogP contribution in [0.25, 0.3) is 0 Å². The van der Waals surface area contributed by atoms with Crippen molar-refractivity contribution in [3.8, 4) is 5.75 Å². The Morgan fingerprint density at radius 3 is 2.56 bits per heavy atom. The summed E-state index contributed by atoms with van der Waals surface area (Å²) < 4.78 is 29.6. The number of rotatable bonds is 6. The third-order valence-electron chi connectivity index (χ3n) is 4.32. The fourth-order valence-electron chi connectivity index (χ4n) is 3.04. The standard InChI is InChI=1S/C18H23F2N3O4/c1-11(16(25)22(2)3)21-15(24)13-8-6-10-23(13)17(26)12-7-4-5-9-14(12)27-18(19)20/h4-5,7,9,11,13,18H,6,8,10H2,1-3H3,(H,21,24). The van der Waals surface area contributed by atoms with Gasteiger partial charge < -0.3 is 19.9 Å². The molecule has 0 saturated carbocycles. The molecule has 1 aliphatic rings. The van der Waals surface area contributed by atoms with Crippen LogP contribution < -0.4 is 10.1 Å². The van der Waals surface area contributed by atoms with E-state index in [1.165, 1.54) is 34.1 Å². The second kappa shape index (κ2) is 8.79. The van der Waals surface area contributed by atoms with Crippen molar-refractivity contribution in [2.45, 2.75) is 38.5 Å². The summed E-state index contributed by atoms with van der Waals surface area (Å²) in [5.41, 5.74) is -0.0325. The molecule has 1 N–H and O–H groups in total. The SMILES string of the molecule is CC(NC(=O)C1CCCN1C(=O)c1ccccc1OC(F)F)C(=O)N(C)C. The lowest BCUT2D eigenvalue weighted by Crippen LogP contribution is -2.51. The van der Waals surface area contributed by atoms with Gasteiger partial charge in [0, 0.05) is 20.6 Å². The van der Waals surface area contributed by atoms with Gasteiger partial charge in [-0.05, 0) is 31.9 Å². The molecule has 1 fully saturated rings. The largest absolute Gasteiger partial charge is 0.434 e. The van der Waals surface area contributed by atoms with Crippen LogP contribution in [0.3, 0.4) is 0 Å². The van der Waals surface area contributed by atoms with Crippen molar-refractivity contribution in [1.82, 2.24) is 15.1 Å². The third kappa shape index (κ3) is 4.93. The Hall–Kier alpha value is -2.71. The van der Waals surface area contributed by atoms with Gasteiger partial charge in [0.15, 0.2) is 0 Å². The molecule has 1 aromatic carbocycles. The number of amides is 3. The Bertz CT molecular complexity index is 712. The maximum Gasteiger partial charge on any atom is 0.387 e. The van der Waals surface area contributed by atoms with Crippen LogP contribution >= 0.6 is 0 Å². The predicted molar refractivity (Wildman–Crippen MR) is 93.4 cm³/mol. The second-order valence-electron chi connectivity index (χ2n) is 6.49. The van der Waals surface area contributed by atoms with E-state index in [0.29, 0.717) is 19.4 Å². The van der Waals surface area contributed by atoms with E-state index in [2.05, 4.69) is 10.1 Å². The Morgan fingerprint density at radius 1 is 1.26 bits per heavy atom. The van der Waals surface area contributed by atoms with Crippen molar-refractivity contribution < 1.29 is 27.9 Å². The Labute approximate surface area is 156 Å². The first kappa shape index (κ1) is 20.6. The van der Waals surface area contributed by atoms with Crippen LogP contribution in [0.2, 0.25) is 0 Å². The van der Waals surface area contributed by atoms with Gasteiger partial charge in [0.05, 0.1) is 5.56 Å². The minimum absolute atomic E-state index is 0.0325. The van der Waals surface area contributed by atoms with Gasteiger partial charge in [0.2, 0.25) is 11.8 Å². The van der Waals surface area contributed by atoms with E-state index < -0.39 is 30.5 Å². The molecular weight excluding hydrogens is 360 g/mol. The number of carbonyl (C=O) groups is 3. The molecule has 1 aromatic rings. The highest BCUT2D eigenvalue weighted by molar-refractivity contribution is 6.00. The molecule has 0 spiro atoms. The molecule has 7 nitrogen and oxygen atoms in total. The molecule has 1 aliphatic heterocycles. The van der Waals surface area contributed by atoms with E-state index in [0.717, 1.165) is 0 Å². The summed E-state index contributed by atoms with van der Waals surface area (Å²) in [6, 6.07) is 4.17. The summed E-state index contributed by atoms with van der Waals surface area (Å²) in [5, 5.41) is 2.61. The number of para-hydroxylation sites is 1. The maximum absolute atomic E-state index is 12.8. The van der Waals surface area contributed by atoms with Crippen molar-refractivity contribution >= 4 is 17.7 Å². The Balaban J connectivity index is 2.15. The lowest BCUT2D eigenvalue weighted by Gasteiger charge is -2.26. The van der Waals surface area contributed by atoms with Crippen molar-refractivity contribution in [2.24, 2.45) is 0 Å². The van der Waals surface area contributed by atoms with Gasteiger partial charge in [-0.15, -0.1) is 0 Å². The summed E-state index contributed by atoms with van der Waals surface area (Å²) in [6.45, 7) is -1.18. The lowest BCUT2D eigenvalue weighted by atomic mass is 10.1. The Kier molecular flexibility index (Phi) is 6.70. The minimum Gasteiger partial charge on any atom is -0.434 e. The number of ether oxygens (including phenoxy) is 1. The smallest absolute Gasteiger partial charge is 0.387 e.